The maximum Gasteiger partial charge on any atom is 0.00966 e. The van der Waals surface area contributed by atoms with Gasteiger partial charge < -0.3 is 15.1 Å². The standard InChI is InChI=1S/C18H39N3/c1-7-20(8-2)12-9-10-16(3)21-13-11-17(15-21)14-19-18(4,5)6/h16-17,19H,7-15H2,1-6H3. The first kappa shape index (κ1) is 18.9. The Morgan fingerprint density at radius 1 is 1.24 bits per heavy atom. The number of nitrogens with zero attached hydrogens (tertiary/aromatic N) is 2. The van der Waals surface area contributed by atoms with Gasteiger partial charge in [0.15, 0.2) is 0 Å². The van der Waals surface area contributed by atoms with Gasteiger partial charge in [0.25, 0.3) is 0 Å². The average Bonchev–Trinajstić information content (AvgIpc) is 2.89. The molecule has 1 saturated heterocycles. The Morgan fingerprint density at radius 3 is 2.48 bits per heavy atom. The zero-order valence-corrected chi connectivity index (χ0v) is 15.4. The minimum atomic E-state index is 0.253. The van der Waals surface area contributed by atoms with E-state index < -0.39 is 0 Å². The molecular formula is C18H39N3. The van der Waals surface area contributed by atoms with Crippen LogP contribution in [0.3, 0.4) is 0 Å². The maximum atomic E-state index is 3.66. The Bertz CT molecular complexity index is 268. The molecule has 3 nitrogen and oxygen atoms in total. The Morgan fingerprint density at radius 2 is 1.90 bits per heavy atom. The van der Waals surface area contributed by atoms with Crippen LogP contribution in [0, 0.1) is 5.92 Å². The van der Waals surface area contributed by atoms with Crippen molar-refractivity contribution in [2.45, 2.75) is 72.4 Å². The number of nitrogens with one attached hydrogen (secondary N) is 1. The van der Waals surface area contributed by atoms with E-state index in [0.717, 1.165) is 12.0 Å². The molecule has 1 rings (SSSR count). The van der Waals surface area contributed by atoms with Crippen LogP contribution in [0.5, 0.6) is 0 Å². The molecule has 0 aromatic rings. The predicted molar refractivity (Wildman–Crippen MR) is 93.9 cm³/mol. The summed E-state index contributed by atoms with van der Waals surface area (Å²) in [6.45, 7) is 21.1. The second-order valence-electron chi connectivity index (χ2n) is 7.80. The smallest absolute Gasteiger partial charge is 0.00966 e. The third kappa shape index (κ3) is 7.62. The fraction of sp³-hybridized carbons (Fsp3) is 1.00. The highest BCUT2D eigenvalue weighted by Crippen LogP contribution is 2.20. The van der Waals surface area contributed by atoms with Crippen molar-refractivity contribution in [2.24, 2.45) is 5.92 Å². The van der Waals surface area contributed by atoms with Gasteiger partial charge in [-0.05, 0) is 85.6 Å². The van der Waals surface area contributed by atoms with Crippen LogP contribution in [0.1, 0.15) is 60.8 Å². The summed E-state index contributed by atoms with van der Waals surface area (Å²) < 4.78 is 0. The Kier molecular flexibility index (Phi) is 8.22. The van der Waals surface area contributed by atoms with Crippen molar-refractivity contribution in [3.63, 3.8) is 0 Å². The molecule has 2 unspecified atom stereocenters. The molecule has 0 bridgehead atoms. The van der Waals surface area contributed by atoms with Gasteiger partial charge in [-0.1, -0.05) is 13.8 Å². The van der Waals surface area contributed by atoms with E-state index in [1.807, 2.05) is 0 Å². The molecule has 21 heavy (non-hydrogen) atoms. The van der Waals surface area contributed by atoms with Gasteiger partial charge in [0, 0.05) is 18.1 Å². The highest BCUT2D eigenvalue weighted by atomic mass is 15.2. The minimum absolute atomic E-state index is 0.253. The summed E-state index contributed by atoms with van der Waals surface area (Å²) in [6.07, 6.45) is 4.05. The molecule has 1 N–H and O–H groups in total. The quantitative estimate of drug-likeness (QED) is 0.705. The van der Waals surface area contributed by atoms with Crippen molar-refractivity contribution >= 4 is 0 Å². The van der Waals surface area contributed by atoms with Gasteiger partial charge in [0.2, 0.25) is 0 Å². The molecule has 0 aromatic carbocycles. The van der Waals surface area contributed by atoms with E-state index >= 15 is 0 Å². The fourth-order valence-corrected chi connectivity index (χ4v) is 3.21. The Labute approximate surface area is 133 Å². The van der Waals surface area contributed by atoms with E-state index in [2.05, 4.69) is 56.7 Å². The lowest BCUT2D eigenvalue weighted by Crippen LogP contribution is -2.40. The highest BCUT2D eigenvalue weighted by molar-refractivity contribution is 4.83. The molecule has 1 aliphatic rings. The third-order valence-corrected chi connectivity index (χ3v) is 4.85. The second kappa shape index (κ2) is 9.12. The number of rotatable bonds is 9. The van der Waals surface area contributed by atoms with Gasteiger partial charge >= 0.3 is 0 Å². The first-order valence-corrected chi connectivity index (χ1v) is 9.07. The second-order valence-corrected chi connectivity index (χ2v) is 7.80. The van der Waals surface area contributed by atoms with Gasteiger partial charge in [0.1, 0.15) is 0 Å². The summed E-state index contributed by atoms with van der Waals surface area (Å²) in [6, 6.07) is 0.750. The SMILES string of the molecule is CCN(CC)CCCC(C)N1CCC(CNC(C)(C)C)C1. The van der Waals surface area contributed by atoms with Gasteiger partial charge in [-0.3, -0.25) is 0 Å². The molecule has 1 heterocycles. The van der Waals surface area contributed by atoms with Crippen LogP contribution in [0.4, 0.5) is 0 Å². The predicted octanol–water partition coefficient (Wildman–Crippen LogP) is 3.21. The van der Waals surface area contributed by atoms with E-state index in [0.29, 0.717) is 0 Å². The molecular weight excluding hydrogens is 258 g/mol. The molecule has 1 aliphatic heterocycles. The lowest BCUT2D eigenvalue weighted by Gasteiger charge is -2.27. The molecule has 0 spiro atoms. The van der Waals surface area contributed by atoms with Crippen molar-refractivity contribution in [1.82, 2.24) is 15.1 Å². The molecule has 2 atom stereocenters. The van der Waals surface area contributed by atoms with Crippen LogP contribution in [-0.2, 0) is 0 Å². The maximum absolute atomic E-state index is 3.66. The van der Waals surface area contributed by atoms with Crippen LogP contribution >= 0.6 is 0 Å². The first-order valence-electron chi connectivity index (χ1n) is 9.07. The number of likely N-dealkylation sites (tertiary alicyclic amines) is 1. The van der Waals surface area contributed by atoms with E-state index in [1.54, 1.807) is 0 Å². The van der Waals surface area contributed by atoms with Crippen molar-refractivity contribution < 1.29 is 0 Å². The van der Waals surface area contributed by atoms with Crippen molar-refractivity contribution in [2.75, 3.05) is 39.3 Å². The molecule has 0 aliphatic carbocycles. The van der Waals surface area contributed by atoms with Gasteiger partial charge in [-0.2, -0.15) is 0 Å². The third-order valence-electron chi connectivity index (χ3n) is 4.85. The van der Waals surface area contributed by atoms with Crippen molar-refractivity contribution in [3.8, 4) is 0 Å². The molecule has 1 fully saturated rings. The molecule has 126 valence electrons. The Hall–Kier alpha value is -0.120. The van der Waals surface area contributed by atoms with Crippen LogP contribution in [0.25, 0.3) is 0 Å². The Balaban J connectivity index is 2.20. The van der Waals surface area contributed by atoms with Crippen LogP contribution < -0.4 is 5.32 Å². The molecule has 0 saturated carbocycles. The van der Waals surface area contributed by atoms with Crippen LogP contribution in [0.15, 0.2) is 0 Å². The summed E-state index contributed by atoms with van der Waals surface area (Å²) in [5.74, 6) is 0.842. The topological polar surface area (TPSA) is 18.5 Å². The summed E-state index contributed by atoms with van der Waals surface area (Å²) in [7, 11) is 0. The van der Waals surface area contributed by atoms with Crippen LogP contribution in [0.2, 0.25) is 0 Å². The molecule has 3 heteroatoms. The highest BCUT2D eigenvalue weighted by Gasteiger charge is 2.26. The molecule has 0 aromatic heterocycles. The summed E-state index contributed by atoms with van der Waals surface area (Å²) in [5.41, 5.74) is 0.253. The fourth-order valence-electron chi connectivity index (χ4n) is 3.21. The number of hydrogen-bond donors (Lipinski definition) is 1. The van der Waals surface area contributed by atoms with Gasteiger partial charge in [-0.25, -0.2) is 0 Å². The van der Waals surface area contributed by atoms with E-state index in [1.165, 1.54) is 58.5 Å². The lowest BCUT2D eigenvalue weighted by atomic mass is 10.1. The lowest BCUT2D eigenvalue weighted by molar-refractivity contribution is 0.218. The van der Waals surface area contributed by atoms with E-state index in [4.69, 9.17) is 0 Å². The average molecular weight is 298 g/mol. The minimum Gasteiger partial charge on any atom is -0.312 e. The zero-order valence-electron chi connectivity index (χ0n) is 15.4. The first-order chi connectivity index (χ1) is 9.85. The largest absolute Gasteiger partial charge is 0.312 e. The van der Waals surface area contributed by atoms with Gasteiger partial charge in [-0.15, -0.1) is 0 Å². The summed E-state index contributed by atoms with van der Waals surface area (Å²) in [4.78, 5) is 5.24. The van der Waals surface area contributed by atoms with Crippen molar-refractivity contribution in [3.05, 3.63) is 0 Å². The normalized spacial score (nSPS) is 22.1. The van der Waals surface area contributed by atoms with Gasteiger partial charge in [0.05, 0.1) is 0 Å². The number of hydrogen-bond acceptors (Lipinski definition) is 3. The van der Waals surface area contributed by atoms with Crippen LogP contribution in [-0.4, -0.2) is 60.6 Å². The monoisotopic (exact) mass is 297 g/mol. The molecule has 0 amide bonds. The summed E-state index contributed by atoms with van der Waals surface area (Å²) in [5, 5.41) is 3.66. The summed E-state index contributed by atoms with van der Waals surface area (Å²) >= 11 is 0. The zero-order chi connectivity index (χ0) is 15.9. The van der Waals surface area contributed by atoms with E-state index in [-0.39, 0.29) is 5.54 Å². The van der Waals surface area contributed by atoms with Crippen molar-refractivity contribution in [1.29, 1.82) is 0 Å². The van der Waals surface area contributed by atoms with E-state index in [9.17, 15) is 0 Å². The molecule has 0 radical (unpaired) electrons.